The Morgan fingerprint density at radius 1 is 1.04 bits per heavy atom. The molecule has 0 unspecified atom stereocenters. The molecule has 0 bridgehead atoms. The fraction of sp³-hybridized carbons (Fsp3) is 0.714. The van der Waals surface area contributed by atoms with E-state index in [9.17, 15) is 5.11 Å². The van der Waals surface area contributed by atoms with Crippen molar-refractivity contribution in [1.82, 2.24) is 0 Å². The summed E-state index contributed by atoms with van der Waals surface area (Å²) in [5.41, 5.74) is 3.49. The van der Waals surface area contributed by atoms with Crippen LogP contribution in [0.1, 0.15) is 94.2 Å². The molecule has 0 amide bonds. The number of rotatable bonds is 9. The van der Waals surface area contributed by atoms with E-state index in [-0.39, 0.29) is 0 Å². The minimum atomic E-state index is 0.540. The fourth-order valence-electron chi connectivity index (χ4n) is 3.69. The molecule has 0 heterocycles. The van der Waals surface area contributed by atoms with Gasteiger partial charge in [0.1, 0.15) is 5.75 Å². The first kappa shape index (κ1) is 18.3. The summed E-state index contributed by atoms with van der Waals surface area (Å²) < 4.78 is 5.87. The summed E-state index contributed by atoms with van der Waals surface area (Å²) in [6.07, 6.45) is 12.2. The third kappa shape index (κ3) is 5.53. The maximum absolute atomic E-state index is 10.6. The third-order valence-corrected chi connectivity index (χ3v) is 5.11. The standard InChI is InChI=1S/C21H34O2/c1-3-5-6-10-13-23-16-17-14-18(4-2)21(22)20(15-17)19-11-8-7-9-12-19/h14-15,19,22H,3-13,16H2,1-2H3. The Kier molecular flexibility index (Phi) is 7.94. The molecule has 130 valence electrons. The Morgan fingerprint density at radius 2 is 1.83 bits per heavy atom. The second-order valence-electron chi connectivity index (χ2n) is 6.99. The molecule has 0 aromatic heterocycles. The minimum absolute atomic E-state index is 0.540. The van der Waals surface area contributed by atoms with Gasteiger partial charge in [0.05, 0.1) is 6.61 Å². The Hall–Kier alpha value is -1.02. The maximum atomic E-state index is 10.6. The zero-order valence-corrected chi connectivity index (χ0v) is 15.1. The summed E-state index contributed by atoms with van der Waals surface area (Å²) in [5, 5.41) is 10.6. The maximum Gasteiger partial charge on any atom is 0.122 e. The molecule has 0 radical (unpaired) electrons. The number of ether oxygens (including phenoxy) is 1. The first-order valence-corrected chi connectivity index (χ1v) is 9.68. The van der Waals surface area contributed by atoms with Gasteiger partial charge in [-0.05, 0) is 60.4 Å². The van der Waals surface area contributed by atoms with Crippen LogP contribution < -0.4 is 0 Å². The van der Waals surface area contributed by atoms with Gasteiger partial charge < -0.3 is 9.84 Å². The summed E-state index contributed by atoms with van der Waals surface area (Å²) >= 11 is 0. The van der Waals surface area contributed by atoms with Crippen molar-refractivity contribution in [3.05, 3.63) is 28.8 Å². The van der Waals surface area contributed by atoms with E-state index < -0.39 is 0 Å². The van der Waals surface area contributed by atoms with Gasteiger partial charge in [-0.25, -0.2) is 0 Å². The van der Waals surface area contributed by atoms with Crippen molar-refractivity contribution in [2.24, 2.45) is 0 Å². The van der Waals surface area contributed by atoms with Crippen LogP contribution in [0.3, 0.4) is 0 Å². The molecule has 23 heavy (non-hydrogen) atoms. The molecule has 0 saturated heterocycles. The van der Waals surface area contributed by atoms with Crippen LogP contribution in [0.25, 0.3) is 0 Å². The van der Waals surface area contributed by atoms with Gasteiger partial charge in [-0.1, -0.05) is 52.4 Å². The number of benzene rings is 1. The second-order valence-corrected chi connectivity index (χ2v) is 6.99. The van der Waals surface area contributed by atoms with Gasteiger partial charge in [0, 0.05) is 6.61 Å². The lowest BCUT2D eigenvalue weighted by Gasteiger charge is -2.24. The van der Waals surface area contributed by atoms with Gasteiger partial charge in [-0.15, -0.1) is 0 Å². The van der Waals surface area contributed by atoms with Crippen molar-refractivity contribution < 1.29 is 9.84 Å². The van der Waals surface area contributed by atoms with E-state index >= 15 is 0 Å². The number of phenols is 1. The number of aromatic hydroxyl groups is 1. The van der Waals surface area contributed by atoms with E-state index in [0.717, 1.165) is 25.0 Å². The molecule has 1 aliphatic carbocycles. The molecular weight excluding hydrogens is 284 g/mol. The third-order valence-electron chi connectivity index (χ3n) is 5.11. The van der Waals surface area contributed by atoms with Crippen LogP contribution in [0.4, 0.5) is 0 Å². The number of hydrogen-bond acceptors (Lipinski definition) is 2. The predicted molar refractivity (Wildman–Crippen MR) is 97.1 cm³/mol. The average Bonchev–Trinajstić information content (AvgIpc) is 2.59. The van der Waals surface area contributed by atoms with Crippen LogP contribution in [0.2, 0.25) is 0 Å². The molecule has 2 rings (SSSR count). The van der Waals surface area contributed by atoms with Crippen LogP contribution in [0, 0.1) is 0 Å². The zero-order chi connectivity index (χ0) is 16.5. The summed E-state index contributed by atoms with van der Waals surface area (Å²) in [7, 11) is 0. The van der Waals surface area contributed by atoms with E-state index in [0.29, 0.717) is 18.3 Å². The van der Waals surface area contributed by atoms with Crippen molar-refractivity contribution in [2.45, 2.75) is 90.6 Å². The van der Waals surface area contributed by atoms with E-state index in [1.54, 1.807) is 0 Å². The largest absolute Gasteiger partial charge is 0.507 e. The Morgan fingerprint density at radius 3 is 2.52 bits per heavy atom. The van der Waals surface area contributed by atoms with Crippen LogP contribution in [0.15, 0.2) is 12.1 Å². The van der Waals surface area contributed by atoms with E-state index in [4.69, 9.17) is 4.74 Å². The normalized spacial score (nSPS) is 15.9. The molecule has 1 saturated carbocycles. The van der Waals surface area contributed by atoms with Gasteiger partial charge in [-0.2, -0.15) is 0 Å². The van der Waals surface area contributed by atoms with Crippen LogP contribution >= 0.6 is 0 Å². The zero-order valence-electron chi connectivity index (χ0n) is 15.1. The summed E-state index contributed by atoms with van der Waals surface area (Å²) in [6, 6.07) is 4.34. The lowest BCUT2D eigenvalue weighted by Crippen LogP contribution is -2.07. The van der Waals surface area contributed by atoms with E-state index in [1.165, 1.54) is 62.5 Å². The highest BCUT2D eigenvalue weighted by Crippen LogP contribution is 2.39. The van der Waals surface area contributed by atoms with Gasteiger partial charge in [0.2, 0.25) is 0 Å². The molecule has 2 nitrogen and oxygen atoms in total. The fourth-order valence-corrected chi connectivity index (χ4v) is 3.69. The first-order valence-electron chi connectivity index (χ1n) is 9.68. The lowest BCUT2D eigenvalue weighted by molar-refractivity contribution is 0.116. The second kappa shape index (κ2) is 9.97. The number of unbranched alkanes of at least 4 members (excludes halogenated alkanes) is 3. The van der Waals surface area contributed by atoms with Crippen molar-refractivity contribution in [1.29, 1.82) is 0 Å². The Balaban J connectivity index is 1.98. The van der Waals surface area contributed by atoms with Crippen LogP contribution in [-0.2, 0) is 17.8 Å². The molecule has 1 aromatic rings. The molecule has 1 aromatic carbocycles. The minimum Gasteiger partial charge on any atom is -0.507 e. The van der Waals surface area contributed by atoms with Crippen LogP contribution in [-0.4, -0.2) is 11.7 Å². The molecule has 1 N–H and O–H groups in total. The van der Waals surface area contributed by atoms with E-state index in [1.807, 2.05) is 0 Å². The SMILES string of the molecule is CCCCCCOCc1cc(CC)c(O)c(C2CCCCC2)c1. The topological polar surface area (TPSA) is 29.5 Å². The molecule has 1 fully saturated rings. The molecular formula is C21H34O2. The lowest BCUT2D eigenvalue weighted by atomic mass is 9.82. The van der Waals surface area contributed by atoms with Gasteiger partial charge in [0.25, 0.3) is 0 Å². The molecule has 0 spiro atoms. The van der Waals surface area contributed by atoms with Crippen molar-refractivity contribution in [3.8, 4) is 5.75 Å². The highest BCUT2D eigenvalue weighted by Gasteiger charge is 2.20. The van der Waals surface area contributed by atoms with Crippen molar-refractivity contribution in [3.63, 3.8) is 0 Å². The van der Waals surface area contributed by atoms with Gasteiger partial charge >= 0.3 is 0 Å². The molecule has 2 heteroatoms. The first-order chi connectivity index (χ1) is 11.3. The Bertz CT molecular complexity index is 461. The monoisotopic (exact) mass is 318 g/mol. The number of hydrogen-bond donors (Lipinski definition) is 1. The summed E-state index contributed by atoms with van der Waals surface area (Å²) in [4.78, 5) is 0. The van der Waals surface area contributed by atoms with Crippen LogP contribution in [0.5, 0.6) is 5.75 Å². The molecule has 0 atom stereocenters. The quantitative estimate of drug-likeness (QED) is 0.557. The Labute approximate surface area is 142 Å². The average molecular weight is 319 g/mol. The van der Waals surface area contributed by atoms with Gasteiger partial charge in [0.15, 0.2) is 0 Å². The summed E-state index contributed by atoms with van der Waals surface area (Å²) in [6.45, 7) is 5.88. The predicted octanol–water partition coefficient (Wildman–Crippen LogP) is 6.10. The van der Waals surface area contributed by atoms with Crippen molar-refractivity contribution >= 4 is 0 Å². The van der Waals surface area contributed by atoms with Crippen molar-refractivity contribution in [2.75, 3.05) is 6.61 Å². The highest BCUT2D eigenvalue weighted by molar-refractivity contribution is 5.45. The number of aryl methyl sites for hydroxylation is 1. The molecule has 0 aliphatic heterocycles. The van der Waals surface area contributed by atoms with Gasteiger partial charge in [-0.3, -0.25) is 0 Å². The number of phenolic OH excluding ortho intramolecular Hbond substituents is 1. The molecule has 1 aliphatic rings. The highest BCUT2D eigenvalue weighted by atomic mass is 16.5. The van der Waals surface area contributed by atoms with E-state index in [2.05, 4.69) is 26.0 Å². The summed E-state index contributed by atoms with van der Waals surface area (Å²) in [5.74, 6) is 1.09. The smallest absolute Gasteiger partial charge is 0.122 e.